The third-order valence-corrected chi connectivity index (χ3v) is 6.62. The van der Waals surface area contributed by atoms with Gasteiger partial charge in [0.2, 0.25) is 5.91 Å². The SMILES string of the molecule is Cn1c(COc2ccc3ccccc3c2)nnc1SCC(=O)N(c1ccccc1)c1ccccc1. The first-order chi connectivity index (χ1) is 17.2. The Morgan fingerprint density at radius 3 is 2.14 bits per heavy atom. The molecule has 0 N–H and O–H groups in total. The molecule has 6 nitrogen and oxygen atoms in total. The molecule has 1 amide bonds. The maximum atomic E-state index is 13.3. The molecule has 0 aliphatic rings. The topological polar surface area (TPSA) is 60.2 Å². The maximum absolute atomic E-state index is 13.3. The number of aromatic nitrogens is 3. The second kappa shape index (κ2) is 10.4. The number of para-hydroxylation sites is 2. The van der Waals surface area contributed by atoms with E-state index in [-0.39, 0.29) is 18.3 Å². The number of anilines is 2. The van der Waals surface area contributed by atoms with Crippen LogP contribution in [0.2, 0.25) is 0 Å². The molecule has 1 heterocycles. The summed E-state index contributed by atoms with van der Waals surface area (Å²) in [5.41, 5.74) is 1.65. The number of hydrogen-bond acceptors (Lipinski definition) is 5. The number of amides is 1. The first-order valence-corrected chi connectivity index (χ1v) is 12.2. The van der Waals surface area contributed by atoms with Crippen molar-refractivity contribution in [2.75, 3.05) is 10.7 Å². The van der Waals surface area contributed by atoms with Crippen molar-refractivity contribution in [1.82, 2.24) is 14.8 Å². The molecule has 0 spiro atoms. The predicted octanol–water partition coefficient (Wildman–Crippen LogP) is 6.00. The highest BCUT2D eigenvalue weighted by Gasteiger charge is 2.19. The monoisotopic (exact) mass is 480 g/mol. The van der Waals surface area contributed by atoms with Crippen molar-refractivity contribution in [1.29, 1.82) is 0 Å². The normalized spacial score (nSPS) is 10.9. The van der Waals surface area contributed by atoms with Crippen LogP contribution in [0.15, 0.2) is 108 Å². The Morgan fingerprint density at radius 2 is 1.46 bits per heavy atom. The molecule has 7 heteroatoms. The van der Waals surface area contributed by atoms with Gasteiger partial charge < -0.3 is 9.30 Å². The molecule has 0 bridgehead atoms. The van der Waals surface area contributed by atoms with Crippen LogP contribution in [0.1, 0.15) is 5.82 Å². The van der Waals surface area contributed by atoms with Gasteiger partial charge in [0.15, 0.2) is 11.0 Å². The van der Waals surface area contributed by atoms with E-state index in [1.807, 2.05) is 103 Å². The summed E-state index contributed by atoms with van der Waals surface area (Å²) in [4.78, 5) is 15.0. The molecule has 0 aliphatic heterocycles. The van der Waals surface area contributed by atoms with E-state index in [0.29, 0.717) is 11.0 Å². The van der Waals surface area contributed by atoms with Crippen LogP contribution in [0.3, 0.4) is 0 Å². The summed E-state index contributed by atoms with van der Waals surface area (Å²) in [7, 11) is 1.89. The van der Waals surface area contributed by atoms with Crippen LogP contribution in [0.25, 0.3) is 10.8 Å². The zero-order valence-electron chi connectivity index (χ0n) is 19.2. The van der Waals surface area contributed by atoms with E-state index in [9.17, 15) is 4.79 Å². The fourth-order valence-electron chi connectivity index (χ4n) is 3.78. The van der Waals surface area contributed by atoms with Crippen LogP contribution in [-0.4, -0.2) is 26.4 Å². The summed E-state index contributed by atoms with van der Waals surface area (Å²) in [5.74, 6) is 1.65. The van der Waals surface area contributed by atoms with Crippen molar-refractivity contribution in [3.8, 4) is 5.75 Å². The summed E-state index contributed by atoms with van der Waals surface area (Å²) in [5, 5.41) is 11.5. The van der Waals surface area contributed by atoms with Gasteiger partial charge in [0.25, 0.3) is 0 Å². The zero-order valence-corrected chi connectivity index (χ0v) is 20.1. The highest BCUT2D eigenvalue weighted by Crippen LogP contribution is 2.27. The Morgan fingerprint density at radius 1 is 0.829 bits per heavy atom. The predicted molar refractivity (Wildman–Crippen MR) is 140 cm³/mol. The van der Waals surface area contributed by atoms with Gasteiger partial charge in [0.05, 0.1) is 5.75 Å². The van der Waals surface area contributed by atoms with E-state index >= 15 is 0 Å². The molecule has 5 rings (SSSR count). The van der Waals surface area contributed by atoms with Gasteiger partial charge in [0, 0.05) is 18.4 Å². The summed E-state index contributed by atoms with van der Waals surface area (Å²) >= 11 is 1.36. The number of rotatable bonds is 8. The molecule has 1 aromatic heterocycles. The molecule has 0 aliphatic carbocycles. The van der Waals surface area contributed by atoms with E-state index in [1.165, 1.54) is 17.1 Å². The van der Waals surface area contributed by atoms with E-state index in [1.54, 1.807) is 4.90 Å². The van der Waals surface area contributed by atoms with Crippen molar-refractivity contribution in [2.45, 2.75) is 11.8 Å². The zero-order chi connectivity index (χ0) is 24.0. The third-order valence-electron chi connectivity index (χ3n) is 5.62. The lowest BCUT2D eigenvalue weighted by molar-refractivity contribution is -0.115. The van der Waals surface area contributed by atoms with E-state index in [4.69, 9.17) is 4.74 Å². The van der Waals surface area contributed by atoms with Gasteiger partial charge in [-0.05, 0) is 47.2 Å². The molecular formula is C28H24N4O2S. The Balaban J connectivity index is 1.25. The van der Waals surface area contributed by atoms with Crippen molar-refractivity contribution >= 4 is 39.8 Å². The van der Waals surface area contributed by atoms with Gasteiger partial charge >= 0.3 is 0 Å². The molecule has 5 aromatic rings. The molecule has 0 atom stereocenters. The number of fused-ring (bicyclic) bond motifs is 1. The number of nitrogens with zero attached hydrogens (tertiary/aromatic N) is 4. The lowest BCUT2D eigenvalue weighted by Gasteiger charge is -2.22. The molecule has 4 aromatic carbocycles. The van der Waals surface area contributed by atoms with Gasteiger partial charge in [0.1, 0.15) is 12.4 Å². The average molecular weight is 481 g/mol. The highest BCUT2D eigenvalue weighted by molar-refractivity contribution is 7.99. The Labute approximate surface area is 208 Å². The number of ether oxygens (including phenoxy) is 1. The first kappa shape index (κ1) is 22.7. The second-order valence-electron chi connectivity index (χ2n) is 7.94. The molecule has 0 unspecified atom stereocenters. The molecule has 0 saturated carbocycles. The van der Waals surface area contributed by atoms with Crippen LogP contribution in [-0.2, 0) is 18.4 Å². The lowest BCUT2D eigenvalue weighted by Crippen LogP contribution is -2.27. The van der Waals surface area contributed by atoms with Crippen molar-refractivity contribution in [3.05, 3.63) is 109 Å². The van der Waals surface area contributed by atoms with Gasteiger partial charge in [-0.3, -0.25) is 9.69 Å². The Bertz CT molecular complexity index is 1400. The lowest BCUT2D eigenvalue weighted by atomic mass is 10.1. The van der Waals surface area contributed by atoms with Crippen LogP contribution in [0, 0.1) is 0 Å². The number of carbonyl (C=O) groups excluding carboxylic acids is 1. The first-order valence-electron chi connectivity index (χ1n) is 11.2. The summed E-state index contributed by atoms with van der Waals surface area (Å²) in [6.45, 7) is 0.288. The second-order valence-corrected chi connectivity index (χ2v) is 8.89. The highest BCUT2D eigenvalue weighted by atomic mass is 32.2. The van der Waals surface area contributed by atoms with Gasteiger partial charge in [-0.25, -0.2) is 0 Å². The minimum absolute atomic E-state index is 0.0376. The van der Waals surface area contributed by atoms with Gasteiger partial charge in [-0.2, -0.15) is 0 Å². The number of hydrogen-bond donors (Lipinski definition) is 0. The third kappa shape index (κ3) is 5.20. The van der Waals surface area contributed by atoms with E-state index in [0.717, 1.165) is 22.5 Å². The fraction of sp³-hybridized carbons (Fsp3) is 0.107. The Hall–Kier alpha value is -4.10. The van der Waals surface area contributed by atoms with Crippen LogP contribution in [0.5, 0.6) is 5.75 Å². The maximum Gasteiger partial charge on any atom is 0.242 e. The van der Waals surface area contributed by atoms with Crippen LogP contribution < -0.4 is 9.64 Å². The minimum Gasteiger partial charge on any atom is -0.486 e. The Kier molecular flexibility index (Phi) is 6.77. The van der Waals surface area contributed by atoms with Crippen molar-refractivity contribution in [3.63, 3.8) is 0 Å². The summed E-state index contributed by atoms with van der Waals surface area (Å²) < 4.78 is 7.84. The molecule has 35 heavy (non-hydrogen) atoms. The van der Waals surface area contributed by atoms with E-state index < -0.39 is 0 Å². The molecule has 174 valence electrons. The van der Waals surface area contributed by atoms with Crippen LogP contribution in [0.4, 0.5) is 11.4 Å². The average Bonchev–Trinajstić information content (AvgIpc) is 3.26. The smallest absolute Gasteiger partial charge is 0.242 e. The summed E-state index contributed by atoms with van der Waals surface area (Å²) in [6.07, 6.45) is 0. The van der Waals surface area contributed by atoms with Crippen molar-refractivity contribution < 1.29 is 9.53 Å². The molecule has 0 saturated heterocycles. The molecule has 0 fully saturated rings. The number of thioether (sulfide) groups is 1. The number of carbonyl (C=O) groups is 1. The minimum atomic E-state index is -0.0376. The summed E-state index contributed by atoms with van der Waals surface area (Å²) in [6, 6.07) is 33.5. The quantitative estimate of drug-likeness (QED) is 0.255. The fourth-order valence-corrected chi connectivity index (χ4v) is 4.56. The molecular weight excluding hydrogens is 456 g/mol. The number of benzene rings is 4. The molecule has 0 radical (unpaired) electrons. The standard InChI is InChI=1S/C28H24N4O2S/c1-31-26(19-34-25-17-16-21-10-8-9-11-22(21)18-25)29-30-28(31)35-20-27(33)32(23-12-4-2-5-13-23)24-14-6-3-7-15-24/h2-18H,19-20H2,1H3. The van der Waals surface area contributed by atoms with Crippen molar-refractivity contribution in [2.24, 2.45) is 7.05 Å². The van der Waals surface area contributed by atoms with Crippen LogP contribution >= 0.6 is 11.8 Å². The largest absolute Gasteiger partial charge is 0.486 e. The van der Waals surface area contributed by atoms with Gasteiger partial charge in [-0.15, -0.1) is 10.2 Å². The van der Waals surface area contributed by atoms with E-state index in [2.05, 4.69) is 22.3 Å². The van der Waals surface area contributed by atoms with Gasteiger partial charge in [-0.1, -0.05) is 78.5 Å².